The average molecular weight is 836 g/mol. The van der Waals surface area contributed by atoms with E-state index in [4.69, 9.17) is 0 Å². The van der Waals surface area contributed by atoms with Crippen LogP contribution in [0, 0.1) is 0 Å². The summed E-state index contributed by atoms with van der Waals surface area (Å²) < 4.78 is 2.38. The van der Waals surface area contributed by atoms with E-state index in [1.54, 1.807) is 0 Å². The molecule has 0 radical (unpaired) electrons. The summed E-state index contributed by atoms with van der Waals surface area (Å²) in [6, 6.07) is 79.0. The lowest BCUT2D eigenvalue weighted by atomic mass is 9.79. The van der Waals surface area contributed by atoms with E-state index in [1.807, 2.05) is 0 Å². The van der Waals surface area contributed by atoms with Crippen molar-refractivity contribution in [2.75, 3.05) is 0 Å². The molecule has 11 rings (SSSR count). The van der Waals surface area contributed by atoms with Crippen molar-refractivity contribution in [2.45, 2.75) is 52.4 Å². The highest BCUT2D eigenvalue weighted by atomic mass is 15.0. The van der Waals surface area contributed by atoms with Gasteiger partial charge in [0.05, 0.1) is 11.0 Å². The van der Waals surface area contributed by atoms with E-state index in [0.29, 0.717) is 0 Å². The van der Waals surface area contributed by atoms with Gasteiger partial charge in [-0.15, -0.1) is 0 Å². The summed E-state index contributed by atoms with van der Waals surface area (Å²) in [6.07, 6.45) is 0. The first-order chi connectivity index (χ1) is 31.5. The van der Waals surface area contributed by atoms with Gasteiger partial charge in [0.2, 0.25) is 0 Å². The van der Waals surface area contributed by atoms with Gasteiger partial charge in [-0.25, -0.2) is 0 Å². The number of rotatable bonds is 6. The first-order valence-corrected chi connectivity index (χ1v) is 23.0. The number of hydrogen-bond acceptors (Lipinski definition) is 0. The minimum atomic E-state index is -0.0134. The molecule has 1 nitrogen and oxygen atoms in total. The lowest BCUT2D eigenvalue weighted by Gasteiger charge is -2.25. The number of benzene rings is 10. The molecule has 0 saturated carbocycles. The Hall–Kier alpha value is -7.48. The SMILES string of the molecule is CC(C)(C)c1ccc2c(-c3ccc(-c4ccc5c(c4)c4ccccc4n5-c4ccccc4)cc3)c3cc(C(C)(C)C)ccc3c(-c3ccc(-c4ccc(-c5ccccc5)cc4)cc3)c2c1. The number of fused-ring (bicyclic) bond motifs is 5. The number of nitrogens with zero attached hydrogens (tertiary/aromatic N) is 1. The van der Waals surface area contributed by atoms with Gasteiger partial charge in [-0.2, -0.15) is 0 Å². The van der Waals surface area contributed by atoms with Crippen LogP contribution in [-0.4, -0.2) is 4.57 Å². The summed E-state index contributed by atoms with van der Waals surface area (Å²) in [5.74, 6) is 0. The van der Waals surface area contributed by atoms with Crippen LogP contribution in [0.15, 0.2) is 212 Å². The van der Waals surface area contributed by atoms with Crippen molar-refractivity contribution in [3.05, 3.63) is 223 Å². The van der Waals surface area contributed by atoms with Crippen LogP contribution in [0.25, 0.3) is 105 Å². The van der Waals surface area contributed by atoms with Gasteiger partial charge in [-0.3, -0.25) is 0 Å². The van der Waals surface area contributed by atoms with Gasteiger partial charge < -0.3 is 4.57 Å². The van der Waals surface area contributed by atoms with Crippen molar-refractivity contribution in [1.29, 1.82) is 0 Å². The highest BCUT2D eigenvalue weighted by Gasteiger charge is 2.23. The van der Waals surface area contributed by atoms with Crippen molar-refractivity contribution < 1.29 is 0 Å². The van der Waals surface area contributed by atoms with E-state index in [9.17, 15) is 0 Å². The third-order valence-electron chi connectivity index (χ3n) is 13.5. The summed E-state index contributed by atoms with van der Waals surface area (Å²) in [4.78, 5) is 0. The second kappa shape index (κ2) is 15.6. The van der Waals surface area contributed by atoms with Crippen molar-refractivity contribution in [3.63, 3.8) is 0 Å². The topological polar surface area (TPSA) is 4.93 Å². The van der Waals surface area contributed by atoms with Crippen LogP contribution in [0.4, 0.5) is 0 Å². The van der Waals surface area contributed by atoms with Crippen LogP contribution < -0.4 is 0 Å². The maximum Gasteiger partial charge on any atom is 0.0541 e. The van der Waals surface area contributed by atoms with E-state index in [0.717, 1.165) is 0 Å². The quantitative estimate of drug-likeness (QED) is 0.147. The number of hydrogen-bond donors (Lipinski definition) is 0. The predicted molar refractivity (Wildman–Crippen MR) is 280 cm³/mol. The second-order valence-corrected chi connectivity index (χ2v) is 19.8. The van der Waals surface area contributed by atoms with E-state index in [2.05, 4.69) is 258 Å². The van der Waals surface area contributed by atoms with Crippen molar-refractivity contribution >= 4 is 43.4 Å². The van der Waals surface area contributed by atoms with Gasteiger partial charge >= 0.3 is 0 Å². The third-order valence-corrected chi connectivity index (χ3v) is 13.5. The van der Waals surface area contributed by atoms with Crippen LogP contribution in [0.2, 0.25) is 0 Å². The Labute approximate surface area is 383 Å². The molecule has 0 aliphatic heterocycles. The molecule has 0 atom stereocenters. The molecule has 0 aliphatic rings. The van der Waals surface area contributed by atoms with Crippen LogP contribution >= 0.6 is 0 Å². The smallest absolute Gasteiger partial charge is 0.0541 e. The zero-order valence-corrected chi connectivity index (χ0v) is 38.2. The molecule has 0 N–H and O–H groups in total. The Balaban J connectivity index is 1.06. The Morgan fingerprint density at radius 2 is 0.646 bits per heavy atom. The standard InChI is InChI=1S/C64H53N/c1-63(2,3)50-35-37-55-57(40-50)61(47-29-25-45(26-30-47)44-23-21-43(22-24-44)42-15-9-7-10-16-42)54-36-34-51(64(4,5)6)41-58(54)62(55)48-31-27-46(28-32-48)49-33-38-60-56(39-49)53-19-13-14-20-59(53)65(60)52-17-11-8-12-18-52/h7-41H,1-6H3. The fraction of sp³-hybridized carbons (Fsp3) is 0.125. The molecular weight excluding hydrogens is 783 g/mol. The molecule has 0 aliphatic carbocycles. The minimum absolute atomic E-state index is 0.0113. The maximum absolute atomic E-state index is 2.47. The summed E-state index contributed by atoms with van der Waals surface area (Å²) in [5, 5.41) is 7.64. The zero-order valence-electron chi connectivity index (χ0n) is 38.2. The van der Waals surface area contributed by atoms with Gasteiger partial charge in [0.25, 0.3) is 0 Å². The van der Waals surface area contributed by atoms with E-state index in [-0.39, 0.29) is 10.8 Å². The van der Waals surface area contributed by atoms with Gasteiger partial charge in [-0.1, -0.05) is 211 Å². The fourth-order valence-corrected chi connectivity index (χ4v) is 9.94. The van der Waals surface area contributed by atoms with Crippen LogP contribution in [0.5, 0.6) is 0 Å². The van der Waals surface area contributed by atoms with Crippen molar-refractivity contribution in [3.8, 4) is 61.3 Å². The van der Waals surface area contributed by atoms with Gasteiger partial charge in [0.15, 0.2) is 0 Å². The monoisotopic (exact) mass is 835 g/mol. The minimum Gasteiger partial charge on any atom is -0.309 e. The molecule has 10 aromatic carbocycles. The van der Waals surface area contributed by atoms with E-state index in [1.165, 1.54) is 116 Å². The molecule has 65 heavy (non-hydrogen) atoms. The molecule has 0 unspecified atom stereocenters. The maximum atomic E-state index is 2.47. The molecule has 0 amide bonds. The molecule has 0 spiro atoms. The van der Waals surface area contributed by atoms with Crippen molar-refractivity contribution in [2.24, 2.45) is 0 Å². The lowest BCUT2D eigenvalue weighted by molar-refractivity contribution is 0.590. The Bertz CT molecular complexity index is 3540. The van der Waals surface area contributed by atoms with Gasteiger partial charge in [-0.05, 0) is 142 Å². The van der Waals surface area contributed by atoms with E-state index >= 15 is 0 Å². The summed E-state index contributed by atoms with van der Waals surface area (Å²) in [7, 11) is 0. The van der Waals surface area contributed by atoms with Crippen LogP contribution in [0.1, 0.15) is 52.7 Å². The molecule has 1 heterocycles. The Morgan fingerprint density at radius 1 is 0.262 bits per heavy atom. The predicted octanol–water partition coefficient (Wildman–Crippen LogP) is 18.0. The molecule has 0 saturated heterocycles. The summed E-state index contributed by atoms with van der Waals surface area (Å²) in [5.41, 5.74) is 18.6. The summed E-state index contributed by atoms with van der Waals surface area (Å²) >= 11 is 0. The average Bonchev–Trinajstić information content (AvgIpc) is 3.67. The first kappa shape index (κ1) is 40.3. The van der Waals surface area contributed by atoms with Crippen LogP contribution in [0.3, 0.4) is 0 Å². The fourth-order valence-electron chi connectivity index (χ4n) is 9.94. The highest BCUT2D eigenvalue weighted by molar-refractivity contribution is 6.22. The van der Waals surface area contributed by atoms with Gasteiger partial charge in [0, 0.05) is 16.5 Å². The Morgan fingerprint density at radius 3 is 1.14 bits per heavy atom. The number of para-hydroxylation sites is 2. The molecule has 1 aromatic heterocycles. The van der Waals surface area contributed by atoms with E-state index < -0.39 is 0 Å². The normalized spacial score (nSPS) is 12.2. The molecule has 0 bridgehead atoms. The van der Waals surface area contributed by atoms with Crippen LogP contribution in [-0.2, 0) is 10.8 Å². The van der Waals surface area contributed by atoms with Crippen molar-refractivity contribution in [1.82, 2.24) is 4.57 Å². The molecular formula is C64H53N. The highest BCUT2D eigenvalue weighted by Crippen LogP contribution is 2.47. The second-order valence-electron chi connectivity index (χ2n) is 19.8. The molecule has 0 fully saturated rings. The third kappa shape index (κ3) is 7.22. The molecule has 1 heteroatoms. The molecule has 314 valence electrons. The zero-order chi connectivity index (χ0) is 44.5. The first-order valence-electron chi connectivity index (χ1n) is 23.0. The lowest BCUT2D eigenvalue weighted by Crippen LogP contribution is -2.11. The largest absolute Gasteiger partial charge is 0.309 e. The summed E-state index contributed by atoms with van der Waals surface area (Å²) in [6.45, 7) is 13.9. The number of aromatic nitrogens is 1. The Kier molecular flexibility index (Phi) is 9.70. The molecule has 11 aromatic rings. The van der Waals surface area contributed by atoms with Gasteiger partial charge in [0.1, 0.15) is 0 Å².